The van der Waals surface area contributed by atoms with Crippen LogP contribution >= 0.6 is 0 Å². The standard InChI is InChI=1S/C22H22F4O4/c1-2-3-4-8-11-19(22(24,25)26)30-21(28)17-13-12-16(14-18(17)23)29-20(27)15-9-6-5-7-10-15/h5-7,9-10,12-14,19H,2-4,8,11H2,1H3. The second-order valence-corrected chi connectivity index (χ2v) is 6.68. The highest BCUT2D eigenvalue weighted by Gasteiger charge is 2.42. The van der Waals surface area contributed by atoms with Crippen LogP contribution in [-0.4, -0.2) is 24.2 Å². The van der Waals surface area contributed by atoms with Crippen molar-refractivity contribution in [2.75, 3.05) is 0 Å². The maximum Gasteiger partial charge on any atom is 0.425 e. The van der Waals surface area contributed by atoms with E-state index >= 15 is 0 Å². The van der Waals surface area contributed by atoms with E-state index in [0.29, 0.717) is 6.42 Å². The summed E-state index contributed by atoms with van der Waals surface area (Å²) in [5.74, 6) is -3.50. The molecule has 0 aliphatic rings. The molecule has 2 aromatic carbocycles. The van der Waals surface area contributed by atoms with Gasteiger partial charge in [-0.3, -0.25) is 0 Å². The Labute approximate surface area is 171 Å². The minimum atomic E-state index is -4.75. The molecule has 162 valence electrons. The van der Waals surface area contributed by atoms with Crippen LogP contribution in [0.25, 0.3) is 0 Å². The van der Waals surface area contributed by atoms with Gasteiger partial charge in [0.05, 0.1) is 11.1 Å². The first-order chi connectivity index (χ1) is 14.2. The monoisotopic (exact) mass is 426 g/mol. The van der Waals surface area contributed by atoms with Crippen molar-refractivity contribution >= 4 is 11.9 Å². The molecular formula is C22H22F4O4. The van der Waals surface area contributed by atoms with Crippen molar-refractivity contribution in [1.82, 2.24) is 0 Å². The Morgan fingerprint density at radius 2 is 1.67 bits per heavy atom. The van der Waals surface area contributed by atoms with Crippen molar-refractivity contribution in [3.8, 4) is 5.75 Å². The van der Waals surface area contributed by atoms with Gasteiger partial charge in [0.1, 0.15) is 11.6 Å². The summed E-state index contributed by atoms with van der Waals surface area (Å²) < 4.78 is 63.3. The van der Waals surface area contributed by atoms with Crippen molar-refractivity contribution < 1.29 is 36.6 Å². The van der Waals surface area contributed by atoms with Gasteiger partial charge in [0, 0.05) is 6.07 Å². The number of hydrogen-bond acceptors (Lipinski definition) is 4. The summed E-state index contributed by atoms with van der Waals surface area (Å²) in [5, 5.41) is 0. The molecule has 8 heteroatoms. The SMILES string of the molecule is CCCCCCC(OC(=O)c1ccc(OC(=O)c2ccccc2)cc1F)C(F)(F)F. The van der Waals surface area contributed by atoms with Gasteiger partial charge >= 0.3 is 18.1 Å². The zero-order valence-corrected chi connectivity index (χ0v) is 16.4. The molecule has 0 aliphatic heterocycles. The summed E-state index contributed by atoms with van der Waals surface area (Å²) in [6, 6.07) is 10.7. The lowest BCUT2D eigenvalue weighted by Gasteiger charge is -2.21. The Balaban J connectivity index is 2.05. The summed E-state index contributed by atoms with van der Waals surface area (Å²) >= 11 is 0. The number of hydrogen-bond donors (Lipinski definition) is 0. The highest BCUT2D eigenvalue weighted by Crippen LogP contribution is 2.29. The molecule has 0 fully saturated rings. The van der Waals surface area contributed by atoms with Gasteiger partial charge in [0.25, 0.3) is 0 Å². The Bertz CT molecular complexity index is 850. The third-order valence-electron chi connectivity index (χ3n) is 4.31. The molecule has 0 aliphatic carbocycles. The number of esters is 2. The average molecular weight is 426 g/mol. The third kappa shape index (κ3) is 6.86. The highest BCUT2D eigenvalue weighted by atomic mass is 19.4. The first-order valence-corrected chi connectivity index (χ1v) is 9.56. The molecule has 1 unspecified atom stereocenters. The van der Waals surface area contributed by atoms with Crippen LogP contribution in [0.2, 0.25) is 0 Å². The number of ether oxygens (including phenoxy) is 2. The van der Waals surface area contributed by atoms with E-state index in [9.17, 15) is 27.2 Å². The Morgan fingerprint density at radius 3 is 2.27 bits per heavy atom. The molecule has 0 heterocycles. The second kappa shape index (κ2) is 10.8. The lowest BCUT2D eigenvalue weighted by molar-refractivity contribution is -0.206. The molecule has 0 radical (unpaired) electrons. The summed E-state index contributed by atoms with van der Waals surface area (Å²) in [4.78, 5) is 24.1. The fourth-order valence-corrected chi connectivity index (χ4v) is 2.70. The molecule has 0 saturated heterocycles. The fourth-order valence-electron chi connectivity index (χ4n) is 2.70. The normalized spacial score (nSPS) is 12.3. The van der Waals surface area contributed by atoms with Crippen molar-refractivity contribution in [2.24, 2.45) is 0 Å². The van der Waals surface area contributed by atoms with Crippen molar-refractivity contribution in [3.63, 3.8) is 0 Å². The van der Waals surface area contributed by atoms with Gasteiger partial charge in [0.2, 0.25) is 0 Å². The first kappa shape index (κ1) is 23.4. The van der Waals surface area contributed by atoms with E-state index in [-0.39, 0.29) is 24.2 Å². The summed E-state index contributed by atoms with van der Waals surface area (Å²) in [5.41, 5.74) is -0.435. The molecule has 0 N–H and O–H groups in total. The molecule has 0 amide bonds. The minimum absolute atomic E-state index is 0.190. The second-order valence-electron chi connectivity index (χ2n) is 6.68. The van der Waals surface area contributed by atoms with E-state index in [1.54, 1.807) is 18.2 Å². The quantitative estimate of drug-likeness (QED) is 0.210. The highest BCUT2D eigenvalue weighted by molar-refractivity contribution is 5.92. The van der Waals surface area contributed by atoms with Crippen LogP contribution in [0, 0.1) is 5.82 Å². The van der Waals surface area contributed by atoms with E-state index in [1.165, 1.54) is 12.1 Å². The van der Waals surface area contributed by atoms with Crippen LogP contribution in [-0.2, 0) is 4.74 Å². The summed E-state index contributed by atoms with van der Waals surface area (Å²) in [6.45, 7) is 1.92. The molecule has 0 spiro atoms. The van der Waals surface area contributed by atoms with Crippen LogP contribution < -0.4 is 4.74 Å². The first-order valence-electron chi connectivity index (χ1n) is 9.56. The third-order valence-corrected chi connectivity index (χ3v) is 4.31. The zero-order valence-electron chi connectivity index (χ0n) is 16.4. The summed E-state index contributed by atoms with van der Waals surface area (Å²) in [6.07, 6.45) is -5.00. The Morgan fingerprint density at radius 1 is 0.967 bits per heavy atom. The van der Waals surface area contributed by atoms with Gasteiger partial charge in [-0.05, 0) is 37.1 Å². The van der Waals surface area contributed by atoms with E-state index in [1.807, 2.05) is 6.92 Å². The largest absolute Gasteiger partial charge is 0.449 e. The predicted molar refractivity (Wildman–Crippen MR) is 102 cm³/mol. The Hall–Kier alpha value is -2.90. The zero-order chi connectivity index (χ0) is 22.1. The number of alkyl halides is 3. The number of benzene rings is 2. The molecule has 30 heavy (non-hydrogen) atoms. The van der Waals surface area contributed by atoms with E-state index < -0.39 is 35.6 Å². The molecule has 2 aromatic rings. The van der Waals surface area contributed by atoms with Gasteiger partial charge in [-0.15, -0.1) is 0 Å². The fraction of sp³-hybridized carbons (Fsp3) is 0.364. The van der Waals surface area contributed by atoms with Crippen LogP contribution in [0.3, 0.4) is 0 Å². The van der Waals surface area contributed by atoms with Gasteiger partial charge in [-0.1, -0.05) is 44.4 Å². The number of carbonyl (C=O) groups excluding carboxylic acids is 2. The van der Waals surface area contributed by atoms with E-state index in [4.69, 9.17) is 4.74 Å². The molecule has 4 nitrogen and oxygen atoms in total. The van der Waals surface area contributed by atoms with Crippen molar-refractivity contribution in [2.45, 2.75) is 51.3 Å². The van der Waals surface area contributed by atoms with Gasteiger partial charge < -0.3 is 9.47 Å². The minimum Gasteiger partial charge on any atom is -0.449 e. The topological polar surface area (TPSA) is 52.6 Å². The number of halogens is 4. The van der Waals surface area contributed by atoms with E-state index in [2.05, 4.69) is 4.74 Å². The summed E-state index contributed by atoms with van der Waals surface area (Å²) in [7, 11) is 0. The van der Waals surface area contributed by atoms with Gasteiger partial charge in [-0.25, -0.2) is 14.0 Å². The molecule has 0 saturated carbocycles. The molecule has 0 aromatic heterocycles. The number of rotatable bonds is 9. The smallest absolute Gasteiger partial charge is 0.425 e. The van der Waals surface area contributed by atoms with Gasteiger partial charge in [0.15, 0.2) is 6.10 Å². The lowest BCUT2D eigenvalue weighted by atomic mass is 10.1. The van der Waals surface area contributed by atoms with Crippen molar-refractivity contribution in [1.29, 1.82) is 0 Å². The maximum atomic E-state index is 14.3. The van der Waals surface area contributed by atoms with Crippen LogP contribution in [0.15, 0.2) is 48.5 Å². The molecule has 2 rings (SSSR count). The van der Waals surface area contributed by atoms with Crippen LogP contribution in [0.4, 0.5) is 17.6 Å². The van der Waals surface area contributed by atoms with Crippen molar-refractivity contribution in [3.05, 3.63) is 65.5 Å². The molecule has 0 bridgehead atoms. The lowest BCUT2D eigenvalue weighted by Crippen LogP contribution is -2.34. The van der Waals surface area contributed by atoms with Crippen LogP contribution in [0.1, 0.15) is 59.7 Å². The van der Waals surface area contributed by atoms with E-state index in [0.717, 1.165) is 31.0 Å². The molecule has 1 atom stereocenters. The average Bonchev–Trinajstić information content (AvgIpc) is 2.70. The van der Waals surface area contributed by atoms with Gasteiger partial charge in [-0.2, -0.15) is 13.2 Å². The maximum absolute atomic E-state index is 14.3. The number of carbonyl (C=O) groups is 2. The molecular weight excluding hydrogens is 404 g/mol. The Kier molecular flexibility index (Phi) is 8.38. The van der Waals surface area contributed by atoms with Crippen LogP contribution in [0.5, 0.6) is 5.75 Å². The predicted octanol–water partition coefficient (Wildman–Crippen LogP) is 6.10. The number of unbranched alkanes of at least 4 members (excludes halogenated alkanes) is 3.